The Balaban J connectivity index is 2.94. The minimum atomic E-state index is -1.08. The summed E-state index contributed by atoms with van der Waals surface area (Å²) < 4.78 is 27.4. The molecule has 20 heavy (non-hydrogen) atoms. The Morgan fingerprint density at radius 2 is 2.00 bits per heavy atom. The minimum absolute atomic E-state index is 0.154. The zero-order chi connectivity index (χ0) is 15.3. The van der Waals surface area contributed by atoms with Crippen molar-refractivity contribution in [2.75, 3.05) is 0 Å². The fraction of sp³-hybridized carbons (Fsp3) is 0.429. The van der Waals surface area contributed by atoms with Gasteiger partial charge in [-0.3, -0.25) is 9.59 Å². The van der Waals surface area contributed by atoms with E-state index in [1.54, 1.807) is 0 Å². The molecule has 0 radical (unpaired) electrons. The highest BCUT2D eigenvalue weighted by molar-refractivity contribution is 5.95. The number of benzene rings is 1. The van der Waals surface area contributed by atoms with Crippen LogP contribution in [0.1, 0.15) is 42.1 Å². The first-order valence-corrected chi connectivity index (χ1v) is 6.34. The van der Waals surface area contributed by atoms with Gasteiger partial charge in [0.25, 0.3) is 5.91 Å². The first-order chi connectivity index (χ1) is 9.36. The van der Waals surface area contributed by atoms with Crippen molar-refractivity contribution < 1.29 is 23.5 Å². The van der Waals surface area contributed by atoms with Crippen LogP contribution >= 0.6 is 0 Å². The van der Waals surface area contributed by atoms with Crippen molar-refractivity contribution >= 4 is 11.9 Å². The third kappa shape index (κ3) is 4.01. The Hall–Kier alpha value is -1.98. The Morgan fingerprint density at radius 1 is 1.35 bits per heavy atom. The van der Waals surface area contributed by atoms with Crippen LogP contribution in [-0.2, 0) is 4.79 Å². The summed E-state index contributed by atoms with van der Waals surface area (Å²) in [6, 6.07) is 1.60. The maximum Gasteiger partial charge on any atom is 0.305 e. The van der Waals surface area contributed by atoms with E-state index >= 15 is 0 Å². The summed E-state index contributed by atoms with van der Waals surface area (Å²) in [6.45, 7) is 3.25. The summed E-state index contributed by atoms with van der Waals surface area (Å²) in [7, 11) is 0. The molecule has 0 fully saturated rings. The van der Waals surface area contributed by atoms with Gasteiger partial charge < -0.3 is 10.4 Å². The Morgan fingerprint density at radius 3 is 2.55 bits per heavy atom. The number of carboxylic acid groups (broad SMARTS) is 1. The van der Waals surface area contributed by atoms with Crippen molar-refractivity contribution in [2.45, 2.75) is 39.2 Å². The van der Waals surface area contributed by atoms with Crippen LogP contribution in [-0.4, -0.2) is 23.0 Å². The number of halogens is 2. The molecule has 1 rings (SSSR count). The van der Waals surface area contributed by atoms with Crippen LogP contribution in [0.15, 0.2) is 12.1 Å². The first kappa shape index (κ1) is 16.1. The maximum atomic E-state index is 13.8. The van der Waals surface area contributed by atoms with E-state index in [-0.39, 0.29) is 12.0 Å². The summed E-state index contributed by atoms with van der Waals surface area (Å²) >= 11 is 0. The molecule has 1 atom stereocenters. The molecule has 4 nitrogen and oxygen atoms in total. The monoisotopic (exact) mass is 285 g/mol. The zero-order valence-corrected chi connectivity index (χ0v) is 11.4. The van der Waals surface area contributed by atoms with E-state index in [1.807, 2.05) is 6.92 Å². The van der Waals surface area contributed by atoms with Gasteiger partial charge in [-0.25, -0.2) is 8.78 Å². The number of rotatable bonds is 6. The van der Waals surface area contributed by atoms with E-state index in [0.717, 1.165) is 6.07 Å². The van der Waals surface area contributed by atoms with Gasteiger partial charge in [-0.15, -0.1) is 0 Å². The van der Waals surface area contributed by atoms with Crippen LogP contribution in [0.25, 0.3) is 0 Å². The molecule has 0 aliphatic carbocycles. The number of aliphatic carboxylic acids is 1. The predicted molar refractivity (Wildman–Crippen MR) is 69.5 cm³/mol. The lowest BCUT2D eigenvalue weighted by atomic mass is 10.1. The second-order valence-electron chi connectivity index (χ2n) is 4.61. The molecule has 1 amide bonds. The van der Waals surface area contributed by atoms with Crippen molar-refractivity contribution in [2.24, 2.45) is 0 Å². The van der Waals surface area contributed by atoms with E-state index in [2.05, 4.69) is 5.32 Å². The molecule has 1 aromatic carbocycles. The van der Waals surface area contributed by atoms with E-state index in [0.29, 0.717) is 12.8 Å². The van der Waals surface area contributed by atoms with Crippen molar-refractivity contribution in [1.82, 2.24) is 5.32 Å². The molecular formula is C14H17F2NO3. The third-order valence-electron chi connectivity index (χ3n) is 2.90. The van der Waals surface area contributed by atoms with Crippen molar-refractivity contribution in [1.29, 1.82) is 0 Å². The highest BCUT2D eigenvalue weighted by Gasteiger charge is 2.22. The highest BCUT2D eigenvalue weighted by Crippen LogP contribution is 2.17. The third-order valence-corrected chi connectivity index (χ3v) is 2.90. The standard InChI is InChI=1S/C14H17F2NO3/c1-3-4-9(7-11(18)19)17-14(20)12-10(15)6-5-8(2)13(12)16/h5-6,9H,3-4,7H2,1-2H3,(H,17,20)(H,18,19). The number of nitrogens with one attached hydrogen (secondary N) is 1. The summed E-state index contributed by atoms with van der Waals surface area (Å²) in [5, 5.41) is 11.1. The topological polar surface area (TPSA) is 66.4 Å². The fourth-order valence-electron chi connectivity index (χ4n) is 1.91. The Bertz CT molecular complexity index is 517. The molecule has 0 aliphatic heterocycles. The van der Waals surface area contributed by atoms with Gasteiger partial charge in [0.15, 0.2) is 0 Å². The second-order valence-corrected chi connectivity index (χ2v) is 4.61. The number of aryl methyl sites for hydroxylation is 1. The Labute approximate surface area is 115 Å². The maximum absolute atomic E-state index is 13.8. The normalized spacial score (nSPS) is 12.0. The summed E-state index contributed by atoms with van der Waals surface area (Å²) in [4.78, 5) is 22.6. The number of amides is 1. The summed E-state index contributed by atoms with van der Waals surface area (Å²) in [5.41, 5.74) is -0.515. The largest absolute Gasteiger partial charge is 0.481 e. The molecule has 0 saturated carbocycles. The van der Waals surface area contributed by atoms with Crippen LogP contribution in [0.4, 0.5) is 8.78 Å². The molecule has 0 heterocycles. The molecule has 0 spiro atoms. The van der Waals surface area contributed by atoms with Crippen LogP contribution in [0.5, 0.6) is 0 Å². The molecule has 2 N–H and O–H groups in total. The van der Waals surface area contributed by atoms with Gasteiger partial charge in [0.2, 0.25) is 0 Å². The van der Waals surface area contributed by atoms with Crippen LogP contribution < -0.4 is 5.32 Å². The van der Waals surface area contributed by atoms with Crippen LogP contribution in [0.3, 0.4) is 0 Å². The van der Waals surface area contributed by atoms with E-state index in [1.165, 1.54) is 13.0 Å². The molecule has 110 valence electrons. The first-order valence-electron chi connectivity index (χ1n) is 6.34. The second kappa shape index (κ2) is 6.98. The van der Waals surface area contributed by atoms with Gasteiger partial charge in [0.1, 0.15) is 17.2 Å². The molecule has 0 saturated heterocycles. The minimum Gasteiger partial charge on any atom is -0.481 e. The van der Waals surface area contributed by atoms with Gasteiger partial charge in [-0.05, 0) is 25.0 Å². The van der Waals surface area contributed by atoms with Gasteiger partial charge in [-0.2, -0.15) is 0 Å². The zero-order valence-electron chi connectivity index (χ0n) is 11.4. The number of hydrogen-bond donors (Lipinski definition) is 2. The van der Waals surface area contributed by atoms with E-state index < -0.39 is 35.1 Å². The molecule has 0 aromatic heterocycles. The van der Waals surface area contributed by atoms with E-state index in [9.17, 15) is 18.4 Å². The number of hydrogen-bond acceptors (Lipinski definition) is 2. The van der Waals surface area contributed by atoms with Gasteiger partial charge in [0.05, 0.1) is 6.42 Å². The fourth-order valence-corrected chi connectivity index (χ4v) is 1.91. The molecule has 0 bridgehead atoms. The average Bonchev–Trinajstić information content (AvgIpc) is 2.34. The van der Waals surface area contributed by atoms with Gasteiger partial charge >= 0.3 is 5.97 Å². The lowest BCUT2D eigenvalue weighted by molar-refractivity contribution is -0.137. The Kier molecular flexibility index (Phi) is 5.61. The lowest BCUT2D eigenvalue weighted by Gasteiger charge is -2.17. The van der Waals surface area contributed by atoms with E-state index in [4.69, 9.17) is 5.11 Å². The molecule has 6 heteroatoms. The highest BCUT2D eigenvalue weighted by atomic mass is 19.1. The molecular weight excluding hydrogens is 268 g/mol. The van der Waals surface area contributed by atoms with Crippen molar-refractivity contribution in [3.63, 3.8) is 0 Å². The summed E-state index contributed by atoms with van der Waals surface area (Å²) in [6.07, 6.45) is 0.790. The lowest BCUT2D eigenvalue weighted by Crippen LogP contribution is -2.37. The predicted octanol–water partition coefficient (Wildman–Crippen LogP) is 2.65. The van der Waals surface area contributed by atoms with Crippen LogP contribution in [0, 0.1) is 18.6 Å². The number of carbonyl (C=O) groups excluding carboxylic acids is 1. The SMILES string of the molecule is CCCC(CC(=O)O)NC(=O)c1c(F)ccc(C)c1F. The number of carbonyl (C=O) groups is 2. The summed E-state index contributed by atoms with van der Waals surface area (Å²) in [5.74, 6) is -3.89. The quantitative estimate of drug-likeness (QED) is 0.844. The molecule has 1 aromatic rings. The van der Waals surface area contributed by atoms with Gasteiger partial charge in [-0.1, -0.05) is 19.4 Å². The average molecular weight is 285 g/mol. The number of carboxylic acids is 1. The molecule has 0 aliphatic rings. The van der Waals surface area contributed by atoms with Crippen molar-refractivity contribution in [3.8, 4) is 0 Å². The molecule has 1 unspecified atom stereocenters. The van der Waals surface area contributed by atoms with Crippen molar-refractivity contribution in [3.05, 3.63) is 34.9 Å². The smallest absolute Gasteiger partial charge is 0.305 e. The van der Waals surface area contributed by atoms with Crippen LogP contribution in [0.2, 0.25) is 0 Å². The van der Waals surface area contributed by atoms with Gasteiger partial charge in [0, 0.05) is 6.04 Å².